The van der Waals surface area contributed by atoms with E-state index in [1.807, 2.05) is 31.2 Å². The van der Waals surface area contributed by atoms with Crippen LogP contribution in [0.25, 0.3) is 0 Å². The van der Waals surface area contributed by atoms with E-state index in [1.54, 1.807) is 18.9 Å². The molecule has 0 aromatic heterocycles. The minimum absolute atomic E-state index is 0.0851. The van der Waals surface area contributed by atoms with Crippen LogP contribution in [0.5, 0.6) is 5.75 Å². The summed E-state index contributed by atoms with van der Waals surface area (Å²) in [5, 5.41) is 3.09. The summed E-state index contributed by atoms with van der Waals surface area (Å²) in [5.41, 5.74) is 0. The summed E-state index contributed by atoms with van der Waals surface area (Å²) in [5.74, 6) is 0.966. The van der Waals surface area contributed by atoms with Gasteiger partial charge in [0.1, 0.15) is 5.75 Å². The van der Waals surface area contributed by atoms with E-state index in [0.29, 0.717) is 6.04 Å². The average Bonchev–Trinajstić information content (AvgIpc) is 2.50. The molecule has 1 aliphatic rings. The molecule has 1 aromatic rings. The summed E-state index contributed by atoms with van der Waals surface area (Å²) >= 11 is 1.58. The molecule has 1 aliphatic heterocycles. The van der Waals surface area contributed by atoms with Crippen LogP contribution >= 0.6 is 11.8 Å². The van der Waals surface area contributed by atoms with Crippen LogP contribution in [0.4, 0.5) is 0 Å². The minimum Gasteiger partial charge on any atom is -0.497 e. The van der Waals surface area contributed by atoms with Crippen molar-refractivity contribution >= 4 is 17.7 Å². The van der Waals surface area contributed by atoms with Gasteiger partial charge in [0, 0.05) is 10.9 Å². The number of benzene rings is 1. The zero-order valence-electron chi connectivity index (χ0n) is 13.0. The summed E-state index contributed by atoms with van der Waals surface area (Å²) in [7, 11) is 3.78. The number of likely N-dealkylation sites (tertiary alicyclic amines) is 1. The fraction of sp³-hybridized carbons (Fsp3) is 0.562. The van der Waals surface area contributed by atoms with E-state index in [1.165, 1.54) is 0 Å². The number of nitrogens with zero attached hydrogens (tertiary/aromatic N) is 1. The molecule has 5 heteroatoms. The minimum atomic E-state index is -0.0851. The lowest BCUT2D eigenvalue weighted by atomic mass is 10.1. The van der Waals surface area contributed by atoms with Gasteiger partial charge in [0.2, 0.25) is 5.91 Å². The number of methoxy groups -OCH3 is 1. The van der Waals surface area contributed by atoms with Gasteiger partial charge in [0.15, 0.2) is 0 Å². The molecule has 2 rings (SSSR count). The van der Waals surface area contributed by atoms with Crippen molar-refractivity contribution in [1.29, 1.82) is 0 Å². The number of ether oxygens (including phenoxy) is 1. The normalized spacial score (nSPS) is 18.2. The number of carbonyl (C=O) groups excluding carboxylic acids is 1. The molecule has 1 N–H and O–H groups in total. The van der Waals surface area contributed by atoms with Gasteiger partial charge in [-0.15, -0.1) is 11.8 Å². The first-order valence-corrected chi connectivity index (χ1v) is 8.26. The van der Waals surface area contributed by atoms with E-state index < -0.39 is 0 Å². The predicted octanol–water partition coefficient (Wildman–Crippen LogP) is 2.39. The van der Waals surface area contributed by atoms with Gasteiger partial charge in [-0.05, 0) is 64.2 Å². The Morgan fingerprint density at radius 1 is 1.33 bits per heavy atom. The van der Waals surface area contributed by atoms with Crippen LogP contribution in [0.1, 0.15) is 19.8 Å². The molecule has 0 saturated carbocycles. The lowest BCUT2D eigenvalue weighted by Crippen LogP contribution is -2.45. The Morgan fingerprint density at radius 3 is 2.52 bits per heavy atom. The first kappa shape index (κ1) is 16.2. The molecular formula is C16H24N2O2S. The van der Waals surface area contributed by atoms with Crippen molar-refractivity contribution in [1.82, 2.24) is 10.2 Å². The molecule has 0 spiro atoms. The average molecular weight is 308 g/mol. The van der Waals surface area contributed by atoms with E-state index in [-0.39, 0.29) is 11.2 Å². The second-order valence-electron chi connectivity index (χ2n) is 5.52. The van der Waals surface area contributed by atoms with Gasteiger partial charge in [0.05, 0.1) is 12.4 Å². The van der Waals surface area contributed by atoms with Gasteiger partial charge >= 0.3 is 0 Å². The standard InChI is InChI=1S/C16H24N2O2S/c1-12(21-15-6-4-14(20-3)5-7-15)16(19)17-13-8-10-18(2)11-9-13/h4-7,12-13H,8-11H2,1-3H3,(H,17,19)/t12-/m1/s1. The third kappa shape index (κ3) is 4.93. The van der Waals surface area contributed by atoms with Crippen LogP contribution in [-0.4, -0.2) is 49.3 Å². The van der Waals surface area contributed by atoms with Crippen LogP contribution in [0.3, 0.4) is 0 Å². The third-order valence-corrected chi connectivity index (χ3v) is 4.92. The molecule has 0 unspecified atom stereocenters. The van der Waals surface area contributed by atoms with Crippen LogP contribution in [0.15, 0.2) is 29.2 Å². The smallest absolute Gasteiger partial charge is 0.233 e. The molecular weight excluding hydrogens is 284 g/mol. The Morgan fingerprint density at radius 2 is 1.95 bits per heavy atom. The number of thioether (sulfide) groups is 1. The van der Waals surface area contributed by atoms with Gasteiger partial charge in [-0.25, -0.2) is 0 Å². The van der Waals surface area contributed by atoms with Crippen molar-refractivity contribution < 1.29 is 9.53 Å². The first-order valence-electron chi connectivity index (χ1n) is 7.38. The zero-order valence-corrected chi connectivity index (χ0v) is 13.8. The lowest BCUT2D eigenvalue weighted by molar-refractivity contribution is -0.121. The zero-order chi connectivity index (χ0) is 15.2. The molecule has 1 amide bonds. The van der Waals surface area contributed by atoms with Crippen molar-refractivity contribution in [2.75, 3.05) is 27.2 Å². The Labute approximate surface area is 131 Å². The maximum atomic E-state index is 12.3. The van der Waals surface area contributed by atoms with Gasteiger partial charge < -0.3 is 15.0 Å². The molecule has 4 nitrogen and oxygen atoms in total. The second kappa shape index (κ2) is 7.71. The number of nitrogens with one attached hydrogen (secondary N) is 1. The van der Waals surface area contributed by atoms with E-state index in [0.717, 1.165) is 36.6 Å². The topological polar surface area (TPSA) is 41.6 Å². The van der Waals surface area contributed by atoms with Crippen molar-refractivity contribution in [3.63, 3.8) is 0 Å². The molecule has 0 radical (unpaired) electrons. The number of amides is 1. The van der Waals surface area contributed by atoms with Crippen molar-refractivity contribution in [2.24, 2.45) is 0 Å². The van der Waals surface area contributed by atoms with Gasteiger partial charge in [-0.3, -0.25) is 4.79 Å². The first-order chi connectivity index (χ1) is 10.1. The Hall–Kier alpha value is -1.20. The molecule has 1 heterocycles. The predicted molar refractivity (Wildman–Crippen MR) is 87.0 cm³/mol. The number of hydrogen-bond donors (Lipinski definition) is 1. The van der Waals surface area contributed by atoms with Crippen LogP contribution in [0, 0.1) is 0 Å². The summed E-state index contributed by atoms with van der Waals surface area (Å²) in [4.78, 5) is 15.6. The monoisotopic (exact) mass is 308 g/mol. The number of piperidine rings is 1. The van der Waals surface area contributed by atoms with Crippen LogP contribution in [-0.2, 0) is 4.79 Å². The largest absolute Gasteiger partial charge is 0.497 e. The molecule has 1 atom stereocenters. The maximum Gasteiger partial charge on any atom is 0.233 e. The number of carbonyl (C=O) groups is 1. The quantitative estimate of drug-likeness (QED) is 0.848. The Balaban J connectivity index is 1.81. The van der Waals surface area contributed by atoms with Gasteiger partial charge in [0.25, 0.3) is 0 Å². The summed E-state index contributed by atoms with van der Waals surface area (Å²) in [6.45, 7) is 4.08. The van der Waals surface area contributed by atoms with E-state index in [4.69, 9.17) is 4.74 Å². The van der Waals surface area contributed by atoms with Crippen molar-refractivity contribution in [3.8, 4) is 5.75 Å². The molecule has 1 saturated heterocycles. The van der Waals surface area contributed by atoms with Crippen molar-refractivity contribution in [3.05, 3.63) is 24.3 Å². The number of hydrogen-bond acceptors (Lipinski definition) is 4. The summed E-state index contributed by atoms with van der Waals surface area (Å²) < 4.78 is 5.14. The van der Waals surface area contributed by atoms with Crippen LogP contribution in [0.2, 0.25) is 0 Å². The lowest BCUT2D eigenvalue weighted by Gasteiger charge is -2.30. The highest BCUT2D eigenvalue weighted by atomic mass is 32.2. The van der Waals surface area contributed by atoms with E-state index in [2.05, 4.69) is 17.3 Å². The van der Waals surface area contributed by atoms with E-state index in [9.17, 15) is 4.79 Å². The molecule has 1 aromatic carbocycles. The number of rotatable bonds is 5. The fourth-order valence-electron chi connectivity index (χ4n) is 2.38. The van der Waals surface area contributed by atoms with Gasteiger partial charge in [-0.1, -0.05) is 0 Å². The Bertz CT molecular complexity index is 456. The second-order valence-corrected chi connectivity index (χ2v) is 6.94. The molecule has 1 fully saturated rings. The Kier molecular flexibility index (Phi) is 5.94. The SMILES string of the molecule is COc1ccc(S[C@H](C)C(=O)NC2CCN(C)CC2)cc1. The van der Waals surface area contributed by atoms with Crippen LogP contribution < -0.4 is 10.1 Å². The summed E-state index contributed by atoms with van der Waals surface area (Å²) in [6.07, 6.45) is 2.09. The highest BCUT2D eigenvalue weighted by Gasteiger charge is 2.21. The third-order valence-electron chi connectivity index (χ3n) is 3.81. The highest BCUT2D eigenvalue weighted by molar-refractivity contribution is 8.00. The highest BCUT2D eigenvalue weighted by Crippen LogP contribution is 2.25. The maximum absolute atomic E-state index is 12.3. The molecule has 0 aliphatic carbocycles. The molecule has 116 valence electrons. The fourth-order valence-corrected chi connectivity index (χ4v) is 3.26. The van der Waals surface area contributed by atoms with E-state index >= 15 is 0 Å². The molecule has 21 heavy (non-hydrogen) atoms. The molecule has 0 bridgehead atoms. The van der Waals surface area contributed by atoms with Gasteiger partial charge in [-0.2, -0.15) is 0 Å². The van der Waals surface area contributed by atoms with Crippen molar-refractivity contribution in [2.45, 2.75) is 36.0 Å². The summed E-state index contributed by atoms with van der Waals surface area (Å²) in [6, 6.07) is 8.15.